The standard InChI is InChI=1S/C21H20Cl2N4O6S2/c1-14-19(13-24-21(25-14)26-34(28,29)20-7-2-15(22)12-18(20)23)33-16-3-5-17(6-4-16)35(30,31)27-8-10-32-11-9-27/h2-7,12-13H,8-11H2,1H3,(H,24,25,26). The average molecular weight is 559 g/mol. The summed E-state index contributed by atoms with van der Waals surface area (Å²) in [4.78, 5) is 8.11. The Hall–Kier alpha value is -2.48. The largest absolute Gasteiger partial charge is 0.454 e. The van der Waals surface area contributed by atoms with Gasteiger partial charge < -0.3 is 9.47 Å². The van der Waals surface area contributed by atoms with Crippen LogP contribution in [0.5, 0.6) is 11.5 Å². The summed E-state index contributed by atoms with van der Waals surface area (Å²) >= 11 is 11.8. The minimum absolute atomic E-state index is 0.0410. The van der Waals surface area contributed by atoms with Crippen LogP contribution in [-0.4, -0.2) is 57.4 Å². The van der Waals surface area contributed by atoms with Crippen molar-refractivity contribution < 1.29 is 26.3 Å². The summed E-state index contributed by atoms with van der Waals surface area (Å²) in [5.41, 5.74) is 0.352. The number of hydrogen-bond donors (Lipinski definition) is 1. The summed E-state index contributed by atoms with van der Waals surface area (Å²) in [7, 11) is -7.67. The van der Waals surface area contributed by atoms with Crippen molar-refractivity contribution >= 4 is 49.2 Å². The van der Waals surface area contributed by atoms with E-state index in [2.05, 4.69) is 14.7 Å². The van der Waals surface area contributed by atoms with Gasteiger partial charge in [0.05, 0.1) is 35.0 Å². The first kappa shape index (κ1) is 25.6. The summed E-state index contributed by atoms with van der Waals surface area (Å²) in [5.74, 6) is 0.452. The zero-order valence-corrected chi connectivity index (χ0v) is 21.5. The fourth-order valence-electron chi connectivity index (χ4n) is 3.22. The van der Waals surface area contributed by atoms with Crippen LogP contribution in [0.2, 0.25) is 10.0 Å². The number of halogens is 2. The van der Waals surface area contributed by atoms with Gasteiger partial charge in [-0.15, -0.1) is 0 Å². The van der Waals surface area contributed by atoms with Crippen molar-refractivity contribution in [2.45, 2.75) is 16.7 Å². The van der Waals surface area contributed by atoms with Crippen molar-refractivity contribution in [3.63, 3.8) is 0 Å². The first-order chi connectivity index (χ1) is 16.6. The first-order valence-corrected chi connectivity index (χ1v) is 13.9. The Labute approximate surface area is 212 Å². The van der Waals surface area contributed by atoms with Crippen LogP contribution in [-0.2, 0) is 24.8 Å². The molecule has 10 nitrogen and oxygen atoms in total. The lowest BCUT2D eigenvalue weighted by Crippen LogP contribution is -2.40. The maximum Gasteiger partial charge on any atom is 0.265 e. The number of nitrogens with one attached hydrogen (secondary N) is 1. The number of aryl methyl sites for hydroxylation is 1. The molecule has 1 aliphatic heterocycles. The highest BCUT2D eigenvalue weighted by molar-refractivity contribution is 7.92. The Morgan fingerprint density at radius 1 is 1.03 bits per heavy atom. The van der Waals surface area contributed by atoms with Gasteiger partial charge in [0.25, 0.3) is 10.0 Å². The van der Waals surface area contributed by atoms with E-state index in [4.69, 9.17) is 32.7 Å². The topological polar surface area (TPSA) is 128 Å². The van der Waals surface area contributed by atoms with E-state index >= 15 is 0 Å². The molecule has 0 atom stereocenters. The van der Waals surface area contributed by atoms with Gasteiger partial charge in [0.1, 0.15) is 10.6 Å². The fraction of sp³-hybridized carbons (Fsp3) is 0.238. The lowest BCUT2D eigenvalue weighted by atomic mass is 10.3. The lowest BCUT2D eigenvalue weighted by molar-refractivity contribution is 0.0730. The van der Waals surface area contributed by atoms with Crippen molar-refractivity contribution in [2.24, 2.45) is 0 Å². The fourth-order valence-corrected chi connectivity index (χ4v) is 6.35. The molecule has 4 rings (SSSR count). The van der Waals surface area contributed by atoms with Gasteiger partial charge in [-0.3, -0.25) is 0 Å². The lowest BCUT2D eigenvalue weighted by Gasteiger charge is -2.26. The summed E-state index contributed by atoms with van der Waals surface area (Å²) in [6.07, 6.45) is 1.31. The molecule has 1 fully saturated rings. The predicted octanol–water partition coefficient (Wildman–Crippen LogP) is 3.71. The van der Waals surface area contributed by atoms with Crippen molar-refractivity contribution in [3.8, 4) is 11.5 Å². The van der Waals surface area contributed by atoms with Crippen molar-refractivity contribution in [1.29, 1.82) is 0 Å². The van der Waals surface area contributed by atoms with E-state index in [9.17, 15) is 16.8 Å². The van der Waals surface area contributed by atoms with E-state index in [1.807, 2.05) is 0 Å². The number of nitrogens with zero attached hydrogens (tertiary/aromatic N) is 3. The van der Waals surface area contributed by atoms with E-state index in [-0.39, 0.29) is 26.5 Å². The molecule has 1 N–H and O–H groups in total. The molecule has 0 aliphatic carbocycles. The number of benzene rings is 2. The van der Waals surface area contributed by atoms with Crippen molar-refractivity contribution in [3.05, 3.63) is 64.4 Å². The van der Waals surface area contributed by atoms with E-state index < -0.39 is 20.0 Å². The van der Waals surface area contributed by atoms with Crippen LogP contribution < -0.4 is 9.46 Å². The summed E-state index contributed by atoms with van der Waals surface area (Å²) in [6.45, 7) is 2.94. The van der Waals surface area contributed by atoms with Gasteiger partial charge in [-0.1, -0.05) is 23.2 Å². The Balaban J connectivity index is 1.47. The summed E-state index contributed by atoms with van der Waals surface area (Å²) in [6, 6.07) is 9.95. The van der Waals surface area contributed by atoms with Crippen molar-refractivity contribution in [2.75, 3.05) is 31.0 Å². The molecule has 1 aromatic heterocycles. The number of aromatic nitrogens is 2. The van der Waals surface area contributed by atoms with Gasteiger partial charge in [0, 0.05) is 18.1 Å². The highest BCUT2D eigenvalue weighted by atomic mass is 35.5. The van der Waals surface area contributed by atoms with Crippen LogP contribution in [0.1, 0.15) is 5.69 Å². The van der Waals surface area contributed by atoms with Crippen molar-refractivity contribution in [1.82, 2.24) is 14.3 Å². The Bertz CT molecular complexity index is 1450. The first-order valence-electron chi connectivity index (χ1n) is 10.2. The van der Waals surface area contributed by atoms with E-state index in [1.165, 1.54) is 53.0 Å². The molecule has 0 spiro atoms. The second kappa shape index (κ2) is 10.2. The molecule has 0 radical (unpaired) electrons. The molecule has 1 saturated heterocycles. The Morgan fingerprint density at radius 2 is 1.71 bits per heavy atom. The van der Waals surface area contributed by atoms with E-state index in [0.29, 0.717) is 42.8 Å². The normalized spacial score (nSPS) is 15.1. The molecule has 0 saturated carbocycles. The van der Waals surface area contributed by atoms with Crippen LogP contribution >= 0.6 is 23.2 Å². The molecular weight excluding hydrogens is 539 g/mol. The van der Waals surface area contributed by atoms with Crippen LogP contribution in [0.4, 0.5) is 5.95 Å². The molecule has 35 heavy (non-hydrogen) atoms. The molecule has 2 heterocycles. The third-order valence-electron chi connectivity index (χ3n) is 5.00. The second-order valence-corrected chi connectivity index (χ2v) is 11.8. The third-order valence-corrected chi connectivity index (χ3v) is 8.96. The monoisotopic (exact) mass is 558 g/mol. The van der Waals surface area contributed by atoms with Gasteiger partial charge in [-0.25, -0.2) is 31.5 Å². The van der Waals surface area contributed by atoms with E-state index in [0.717, 1.165) is 0 Å². The van der Waals surface area contributed by atoms with Crippen LogP contribution in [0.25, 0.3) is 0 Å². The number of morpholine rings is 1. The Morgan fingerprint density at radius 3 is 2.34 bits per heavy atom. The highest BCUT2D eigenvalue weighted by Crippen LogP contribution is 2.28. The summed E-state index contributed by atoms with van der Waals surface area (Å²) in [5, 5.41) is 0.259. The van der Waals surface area contributed by atoms with Gasteiger partial charge in [-0.2, -0.15) is 4.31 Å². The molecule has 1 aliphatic rings. The molecule has 2 aromatic carbocycles. The molecule has 3 aromatic rings. The minimum atomic E-state index is -4.05. The molecular formula is C21H20Cl2N4O6S2. The molecule has 0 unspecified atom stereocenters. The minimum Gasteiger partial charge on any atom is -0.454 e. The molecule has 0 bridgehead atoms. The average Bonchev–Trinajstić information content (AvgIpc) is 2.81. The van der Waals surface area contributed by atoms with Crippen LogP contribution in [0.3, 0.4) is 0 Å². The van der Waals surface area contributed by atoms with Gasteiger partial charge in [0.15, 0.2) is 5.75 Å². The number of sulfonamides is 2. The number of ether oxygens (including phenoxy) is 2. The zero-order chi connectivity index (χ0) is 25.2. The highest BCUT2D eigenvalue weighted by Gasteiger charge is 2.26. The van der Waals surface area contributed by atoms with E-state index in [1.54, 1.807) is 6.92 Å². The van der Waals surface area contributed by atoms with Crippen LogP contribution in [0, 0.1) is 6.92 Å². The van der Waals surface area contributed by atoms with Crippen LogP contribution in [0.15, 0.2) is 58.5 Å². The number of anilines is 1. The Kier molecular flexibility index (Phi) is 7.50. The molecule has 0 amide bonds. The predicted molar refractivity (Wildman–Crippen MR) is 130 cm³/mol. The van der Waals surface area contributed by atoms with Gasteiger partial charge in [0.2, 0.25) is 16.0 Å². The number of hydrogen-bond acceptors (Lipinski definition) is 8. The maximum atomic E-state index is 12.7. The molecule has 186 valence electrons. The maximum absolute atomic E-state index is 12.7. The SMILES string of the molecule is Cc1nc(NS(=O)(=O)c2ccc(Cl)cc2Cl)ncc1Oc1ccc(S(=O)(=O)N2CCOCC2)cc1. The molecule has 14 heteroatoms. The smallest absolute Gasteiger partial charge is 0.265 e. The third kappa shape index (κ3) is 5.85. The number of rotatable bonds is 7. The second-order valence-electron chi connectivity index (χ2n) is 7.41. The van der Waals surface area contributed by atoms with Gasteiger partial charge >= 0.3 is 0 Å². The summed E-state index contributed by atoms with van der Waals surface area (Å²) < 4.78 is 65.4. The quantitative estimate of drug-likeness (QED) is 0.464. The van der Waals surface area contributed by atoms with Gasteiger partial charge in [-0.05, 0) is 49.4 Å². The zero-order valence-electron chi connectivity index (χ0n) is 18.3.